The fourth-order valence-electron chi connectivity index (χ4n) is 1.90. The average Bonchev–Trinajstić information content (AvgIpc) is 2.19. The maximum Gasteiger partial charge on any atom is 0.115 e. The maximum atomic E-state index is 10.3. The number of rotatable bonds is 1. The number of phenolic OH excluding ortho intramolecular Hbond substituents is 1. The lowest BCUT2D eigenvalue weighted by Crippen LogP contribution is -2.39. The van der Waals surface area contributed by atoms with E-state index in [-0.39, 0.29) is 5.75 Å². The highest BCUT2D eigenvalue weighted by molar-refractivity contribution is 5.30. The van der Waals surface area contributed by atoms with Gasteiger partial charge in [0.1, 0.15) is 5.75 Å². The first-order valence-electron chi connectivity index (χ1n) is 4.93. The average molecular weight is 193 g/mol. The molecule has 14 heavy (non-hydrogen) atoms. The number of benzene rings is 1. The Bertz CT molecular complexity index is 302. The molecule has 1 aromatic carbocycles. The van der Waals surface area contributed by atoms with Gasteiger partial charge in [-0.25, -0.2) is 0 Å². The van der Waals surface area contributed by atoms with Gasteiger partial charge in [-0.15, -0.1) is 0 Å². The summed E-state index contributed by atoms with van der Waals surface area (Å²) in [5.74, 6) is 0.242. The van der Waals surface area contributed by atoms with Gasteiger partial charge in [0, 0.05) is 0 Å². The van der Waals surface area contributed by atoms with Crippen LogP contribution >= 0.6 is 0 Å². The lowest BCUT2D eigenvalue weighted by atomic mass is 9.85. The monoisotopic (exact) mass is 193 g/mol. The zero-order valence-corrected chi connectivity index (χ0v) is 8.03. The molecule has 76 valence electrons. The van der Waals surface area contributed by atoms with Crippen molar-refractivity contribution in [3.63, 3.8) is 0 Å². The molecule has 0 spiro atoms. The van der Waals surface area contributed by atoms with Crippen molar-refractivity contribution in [2.45, 2.75) is 18.4 Å². The van der Waals surface area contributed by atoms with Gasteiger partial charge in [-0.2, -0.15) is 0 Å². The van der Waals surface area contributed by atoms with E-state index in [0.29, 0.717) is 0 Å². The Morgan fingerprint density at radius 3 is 2.21 bits per heavy atom. The molecule has 0 bridgehead atoms. The summed E-state index contributed by atoms with van der Waals surface area (Å²) in [6.07, 6.45) is 1.47. The molecule has 3 heteroatoms. The minimum atomic E-state index is -0.709. The quantitative estimate of drug-likeness (QED) is 0.622. The van der Waals surface area contributed by atoms with Crippen molar-refractivity contribution in [1.29, 1.82) is 0 Å². The third kappa shape index (κ3) is 1.74. The molecule has 0 amide bonds. The van der Waals surface area contributed by atoms with E-state index in [0.717, 1.165) is 31.5 Å². The third-order valence-corrected chi connectivity index (χ3v) is 2.84. The summed E-state index contributed by atoms with van der Waals surface area (Å²) in [6.45, 7) is 1.69. The summed E-state index contributed by atoms with van der Waals surface area (Å²) < 4.78 is 0. The van der Waals surface area contributed by atoms with Crippen LogP contribution in [-0.2, 0) is 5.60 Å². The summed E-state index contributed by atoms with van der Waals surface area (Å²) >= 11 is 0. The lowest BCUT2D eigenvalue weighted by molar-refractivity contribution is 0.00592. The second-order valence-electron chi connectivity index (χ2n) is 3.83. The van der Waals surface area contributed by atoms with Gasteiger partial charge in [0.15, 0.2) is 0 Å². The van der Waals surface area contributed by atoms with Crippen LogP contribution in [0.1, 0.15) is 18.4 Å². The van der Waals surface area contributed by atoms with Gasteiger partial charge >= 0.3 is 0 Å². The topological polar surface area (TPSA) is 52.5 Å². The summed E-state index contributed by atoms with van der Waals surface area (Å²) in [7, 11) is 0. The van der Waals surface area contributed by atoms with Crippen molar-refractivity contribution in [3.8, 4) is 5.75 Å². The predicted octanol–water partition coefficient (Wildman–Crippen LogP) is 0.963. The molecular formula is C11H15NO2. The number of aromatic hydroxyl groups is 1. The van der Waals surface area contributed by atoms with Crippen LogP contribution in [0.5, 0.6) is 5.75 Å². The highest BCUT2D eigenvalue weighted by atomic mass is 16.3. The Kier molecular flexibility index (Phi) is 2.44. The Morgan fingerprint density at radius 1 is 1.07 bits per heavy atom. The molecular weight excluding hydrogens is 178 g/mol. The highest BCUT2D eigenvalue weighted by Gasteiger charge is 2.30. The van der Waals surface area contributed by atoms with Crippen LogP contribution in [0.3, 0.4) is 0 Å². The molecule has 1 aromatic rings. The van der Waals surface area contributed by atoms with E-state index in [2.05, 4.69) is 5.32 Å². The van der Waals surface area contributed by atoms with E-state index >= 15 is 0 Å². The minimum absolute atomic E-state index is 0.242. The van der Waals surface area contributed by atoms with E-state index in [1.54, 1.807) is 24.3 Å². The van der Waals surface area contributed by atoms with E-state index in [4.69, 9.17) is 5.11 Å². The Balaban J connectivity index is 2.23. The smallest absolute Gasteiger partial charge is 0.115 e. The number of hydrogen-bond acceptors (Lipinski definition) is 3. The SMILES string of the molecule is Oc1ccc(C2(O)CCNCC2)cc1. The molecule has 3 N–H and O–H groups in total. The molecule has 1 heterocycles. The van der Waals surface area contributed by atoms with Crippen LogP contribution in [-0.4, -0.2) is 23.3 Å². The Hall–Kier alpha value is -1.06. The molecule has 3 nitrogen and oxygen atoms in total. The van der Waals surface area contributed by atoms with Crippen molar-refractivity contribution in [1.82, 2.24) is 5.32 Å². The molecule has 0 aliphatic carbocycles. The number of piperidine rings is 1. The molecule has 1 aliphatic rings. The van der Waals surface area contributed by atoms with E-state index < -0.39 is 5.60 Å². The maximum absolute atomic E-state index is 10.3. The number of hydrogen-bond donors (Lipinski definition) is 3. The molecule has 1 fully saturated rings. The zero-order valence-electron chi connectivity index (χ0n) is 8.03. The van der Waals surface area contributed by atoms with Crippen molar-refractivity contribution < 1.29 is 10.2 Å². The largest absolute Gasteiger partial charge is 0.508 e. The molecule has 1 saturated heterocycles. The summed E-state index contributed by atoms with van der Waals surface area (Å²) in [4.78, 5) is 0. The first-order chi connectivity index (χ1) is 6.71. The van der Waals surface area contributed by atoms with E-state index in [1.807, 2.05) is 0 Å². The standard InChI is InChI=1S/C11H15NO2/c13-10-3-1-9(2-4-10)11(14)5-7-12-8-6-11/h1-4,12-14H,5-8H2. The van der Waals surface area contributed by atoms with E-state index in [9.17, 15) is 5.11 Å². The molecule has 1 aliphatic heterocycles. The molecule has 0 saturated carbocycles. The van der Waals surface area contributed by atoms with Crippen molar-refractivity contribution in [3.05, 3.63) is 29.8 Å². The molecule has 0 radical (unpaired) electrons. The number of nitrogens with one attached hydrogen (secondary N) is 1. The highest BCUT2D eigenvalue weighted by Crippen LogP contribution is 2.30. The first-order valence-corrected chi connectivity index (χ1v) is 4.93. The zero-order chi connectivity index (χ0) is 10.0. The minimum Gasteiger partial charge on any atom is -0.508 e. The Labute approximate surface area is 83.4 Å². The fraction of sp³-hybridized carbons (Fsp3) is 0.455. The summed E-state index contributed by atoms with van der Waals surface area (Å²) in [5.41, 5.74) is 0.190. The van der Waals surface area contributed by atoms with Crippen LogP contribution in [0, 0.1) is 0 Å². The molecule has 2 rings (SSSR count). The van der Waals surface area contributed by atoms with Gasteiger partial charge in [-0.05, 0) is 43.6 Å². The fourth-order valence-corrected chi connectivity index (χ4v) is 1.90. The Morgan fingerprint density at radius 2 is 1.64 bits per heavy atom. The normalized spacial score (nSPS) is 20.6. The van der Waals surface area contributed by atoms with Crippen LogP contribution in [0.25, 0.3) is 0 Å². The van der Waals surface area contributed by atoms with Crippen LogP contribution in [0.4, 0.5) is 0 Å². The van der Waals surface area contributed by atoms with Gasteiger partial charge < -0.3 is 15.5 Å². The molecule has 0 unspecified atom stereocenters. The second kappa shape index (κ2) is 3.59. The first kappa shape index (κ1) is 9.49. The second-order valence-corrected chi connectivity index (χ2v) is 3.83. The summed E-state index contributed by atoms with van der Waals surface area (Å²) in [6, 6.07) is 6.83. The van der Waals surface area contributed by atoms with Gasteiger partial charge in [0.05, 0.1) is 5.60 Å². The molecule has 0 atom stereocenters. The number of phenols is 1. The third-order valence-electron chi connectivity index (χ3n) is 2.84. The van der Waals surface area contributed by atoms with Crippen LogP contribution in [0.15, 0.2) is 24.3 Å². The summed E-state index contributed by atoms with van der Waals surface area (Å²) in [5, 5.41) is 22.7. The van der Waals surface area contributed by atoms with Crippen molar-refractivity contribution in [2.24, 2.45) is 0 Å². The lowest BCUT2D eigenvalue weighted by Gasteiger charge is -2.33. The predicted molar refractivity (Wildman–Crippen MR) is 54.1 cm³/mol. The van der Waals surface area contributed by atoms with E-state index in [1.165, 1.54) is 0 Å². The van der Waals surface area contributed by atoms with Crippen LogP contribution in [0.2, 0.25) is 0 Å². The van der Waals surface area contributed by atoms with Gasteiger partial charge in [0.25, 0.3) is 0 Å². The van der Waals surface area contributed by atoms with Crippen molar-refractivity contribution in [2.75, 3.05) is 13.1 Å². The van der Waals surface area contributed by atoms with Gasteiger partial charge in [0.2, 0.25) is 0 Å². The van der Waals surface area contributed by atoms with Gasteiger partial charge in [-0.3, -0.25) is 0 Å². The van der Waals surface area contributed by atoms with Gasteiger partial charge in [-0.1, -0.05) is 12.1 Å². The van der Waals surface area contributed by atoms with Crippen molar-refractivity contribution >= 4 is 0 Å². The van der Waals surface area contributed by atoms with Crippen LogP contribution < -0.4 is 5.32 Å². The molecule has 0 aromatic heterocycles. The number of aliphatic hydroxyl groups is 1.